The summed E-state index contributed by atoms with van der Waals surface area (Å²) in [5.41, 5.74) is 1.48. The highest BCUT2D eigenvalue weighted by atomic mass is 16.5. The van der Waals surface area contributed by atoms with Crippen LogP contribution in [0.5, 0.6) is 5.75 Å². The third-order valence-corrected chi connectivity index (χ3v) is 4.85. The highest BCUT2D eigenvalue weighted by Crippen LogP contribution is 2.40. The Morgan fingerprint density at radius 2 is 1.59 bits per heavy atom. The number of rotatable bonds is 5. The van der Waals surface area contributed by atoms with Gasteiger partial charge in [-0.05, 0) is 36.8 Å². The summed E-state index contributed by atoms with van der Waals surface area (Å²) in [6, 6.07) is 11.1. The van der Waals surface area contributed by atoms with Crippen LogP contribution in [0.1, 0.15) is 46.0 Å². The Bertz CT molecular complexity index is 890. The van der Waals surface area contributed by atoms with Gasteiger partial charge in [-0.1, -0.05) is 25.1 Å². The van der Waals surface area contributed by atoms with Crippen molar-refractivity contribution in [3.8, 4) is 5.75 Å². The summed E-state index contributed by atoms with van der Waals surface area (Å²) in [6.07, 6.45) is 0. The highest BCUT2D eigenvalue weighted by Gasteiger charge is 2.36. The van der Waals surface area contributed by atoms with Crippen LogP contribution in [0, 0.1) is 0 Å². The normalized spacial score (nSPS) is 18.1. The minimum absolute atomic E-state index is 0.0221. The van der Waals surface area contributed by atoms with E-state index in [-0.39, 0.29) is 41.4 Å². The molecule has 0 aliphatic carbocycles. The fourth-order valence-corrected chi connectivity index (χ4v) is 3.30. The van der Waals surface area contributed by atoms with Crippen molar-refractivity contribution in [2.24, 2.45) is 0 Å². The number of ether oxygens (including phenoxy) is 1. The zero-order chi connectivity index (χ0) is 19.7. The molecule has 0 bridgehead atoms. The number of amides is 1. The number of carbonyl (C=O) groups excluding carboxylic acids is 1. The molecule has 7 heteroatoms. The zero-order valence-corrected chi connectivity index (χ0v) is 14.9. The fraction of sp³-hybridized carbons (Fsp3) is 0.250. The lowest BCUT2D eigenvalue weighted by molar-refractivity contribution is -0.120. The van der Waals surface area contributed by atoms with E-state index < -0.39 is 11.9 Å². The fourth-order valence-electron chi connectivity index (χ4n) is 3.30. The number of anilines is 1. The second-order valence-corrected chi connectivity index (χ2v) is 6.50. The molecule has 3 rings (SSSR count). The van der Waals surface area contributed by atoms with E-state index >= 15 is 0 Å². The van der Waals surface area contributed by atoms with Crippen LogP contribution in [-0.2, 0) is 4.79 Å². The van der Waals surface area contributed by atoms with Crippen LogP contribution in [0.3, 0.4) is 0 Å². The molecule has 2 aromatic carbocycles. The Kier molecular flexibility index (Phi) is 4.85. The summed E-state index contributed by atoms with van der Waals surface area (Å²) in [5, 5.41) is 18.2. The summed E-state index contributed by atoms with van der Waals surface area (Å²) in [5.74, 6) is -2.62. The van der Waals surface area contributed by atoms with Crippen LogP contribution in [0.2, 0.25) is 0 Å². The Morgan fingerprint density at radius 1 is 1.00 bits per heavy atom. The van der Waals surface area contributed by atoms with Gasteiger partial charge in [0.25, 0.3) is 5.91 Å². The number of para-hydroxylation sites is 1. The first-order chi connectivity index (χ1) is 12.8. The van der Waals surface area contributed by atoms with Crippen molar-refractivity contribution >= 4 is 23.5 Å². The molecular weight excluding hydrogens is 350 g/mol. The summed E-state index contributed by atoms with van der Waals surface area (Å²) < 4.78 is 5.44. The largest absolute Gasteiger partial charge is 0.484 e. The second kappa shape index (κ2) is 7.11. The number of carbonyl (C=O) groups is 3. The lowest BCUT2D eigenvalue weighted by Gasteiger charge is -2.24. The van der Waals surface area contributed by atoms with Crippen LogP contribution in [0.4, 0.5) is 5.69 Å². The van der Waals surface area contributed by atoms with Crippen molar-refractivity contribution in [2.45, 2.75) is 25.8 Å². The van der Waals surface area contributed by atoms with Gasteiger partial charge in [-0.3, -0.25) is 4.79 Å². The number of nitrogens with zero attached hydrogens (tertiary/aromatic N) is 1. The number of benzene rings is 2. The maximum atomic E-state index is 12.7. The van der Waals surface area contributed by atoms with E-state index in [1.807, 2.05) is 38.1 Å². The molecule has 0 saturated heterocycles. The summed E-state index contributed by atoms with van der Waals surface area (Å²) in [7, 11) is 0. The predicted octanol–water partition coefficient (Wildman–Crippen LogP) is 3.00. The van der Waals surface area contributed by atoms with Gasteiger partial charge >= 0.3 is 11.9 Å². The van der Waals surface area contributed by atoms with E-state index in [9.17, 15) is 14.4 Å². The van der Waals surface area contributed by atoms with Crippen molar-refractivity contribution in [1.29, 1.82) is 0 Å². The molecule has 2 N–H and O–H groups in total. The number of fused-ring (bicyclic) bond motifs is 1. The molecule has 1 amide bonds. The van der Waals surface area contributed by atoms with Crippen LogP contribution in [0.15, 0.2) is 42.5 Å². The molecule has 1 aliphatic heterocycles. The molecule has 0 spiro atoms. The SMILES string of the molecule is CC1c2ccccc2N(C(=O)COc2cc(C(=O)O)cc(C(=O)O)c2)C1C. The van der Waals surface area contributed by atoms with E-state index in [1.165, 1.54) is 12.1 Å². The Labute approximate surface area is 155 Å². The summed E-state index contributed by atoms with van der Waals surface area (Å²) >= 11 is 0. The molecule has 2 atom stereocenters. The minimum Gasteiger partial charge on any atom is -0.484 e. The number of hydrogen-bond donors (Lipinski definition) is 2. The van der Waals surface area contributed by atoms with Crippen molar-refractivity contribution < 1.29 is 29.3 Å². The smallest absolute Gasteiger partial charge is 0.335 e. The maximum Gasteiger partial charge on any atom is 0.335 e. The van der Waals surface area contributed by atoms with Crippen LogP contribution < -0.4 is 9.64 Å². The average molecular weight is 369 g/mol. The molecule has 140 valence electrons. The number of hydrogen-bond acceptors (Lipinski definition) is 4. The molecule has 1 aliphatic rings. The van der Waals surface area contributed by atoms with E-state index in [0.717, 1.165) is 17.3 Å². The lowest BCUT2D eigenvalue weighted by Crippen LogP contribution is -2.39. The molecular formula is C20H19NO6. The molecule has 2 aromatic rings. The van der Waals surface area contributed by atoms with Gasteiger partial charge in [0.2, 0.25) is 0 Å². The zero-order valence-electron chi connectivity index (χ0n) is 14.9. The van der Waals surface area contributed by atoms with Crippen molar-refractivity contribution in [2.75, 3.05) is 11.5 Å². The van der Waals surface area contributed by atoms with Crippen molar-refractivity contribution in [3.05, 3.63) is 59.2 Å². The summed E-state index contributed by atoms with van der Waals surface area (Å²) in [4.78, 5) is 36.7. The van der Waals surface area contributed by atoms with Gasteiger partial charge in [0.05, 0.1) is 11.1 Å². The number of aromatic carboxylic acids is 2. The standard InChI is InChI=1S/C20H19NO6/c1-11-12(2)21(17-6-4-3-5-16(11)17)18(22)10-27-15-8-13(19(23)24)7-14(9-15)20(25)26/h3-9,11-12H,10H2,1-2H3,(H,23,24)(H,25,26). The van der Waals surface area contributed by atoms with E-state index in [0.29, 0.717) is 0 Å². The topological polar surface area (TPSA) is 104 Å². The Hall–Kier alpha value is -3.35. The van der Waals surface area contributed by atoms with Gasteiger partial charge in [0.15, 0.2) is 6.61 Å². The average Bonchev–Trinajstić information content (AvgIpc) is 2.90. The number of carboxylic acids is 2. The van der Waals surface area contributed by atoms with Gasteiger partial charge in [0.1, 0.15) is 5.75 Å². The third-order valence-electron chi connectivity index (χ3n) is 4.85. The Balaban J connectivity index is 1.80. The monoisotopic (exact) mass is 369 g/mol. The predicted molar refractivity (Wildman–Crippen MR) is 97.7 cm³/mol. The molecule has 0 fully saturated rings. The molecule has 0 radical (unpaired) electrons. The first kappa shape index (κ1) is 18.4. The Morgan fingerprint density at radius 3 is 2.19 bits per heavy atom. The van der Waals surface area contributed by atoms with Crippen LogP contribution in [-0.4, -0.2) is 40.7 Å². The first-order valence-corrected chi connectivity index (χ1v) is 8.45. The molecule has 0 aromatic heterocycles. The maximum absolute atomic E-state index is 12.7. The van der Waals surface area contributed by atoms with Gasteiger partial charge in [-0.25, -0.2) is 9.59 Å². The van der Waals surface area contributed by atoms with E-state index in [1.54, 1.807) is 4.90 Å². The second-order valence-electron chi connectivity index (χ2n) is 6.50. The van der Waals surface area contributed by atoms with Gasteiger partial charge < -0.3 is 19.8 Å². The molecule has 1 heterocycles. The molecule has 27 heavy (non-hydrogen) atoms. The molecule has 7 nitrogen and oxygen atoms in total. The highest BCUT2D eigenvalue weighted by molar-refractivity contribution is 5.98. The van der Waals surface area contributed by atoms with E-state index in [2.05, 4.69) is 0 Å². The quantitative estimate of drug-likeness (QED) is 0.840. The number of carboxylic acid groups (broad SMARTS) is 2. The minimum atomic E-state index is -1.27. The molecule has 0 saturated carbocycles. The van der Waals surface area contributed by atoms with E-state index in [4.69, 9.17) is 14.9 Å². The van der Waals surface area contributed by atoms with Crippen LogP contribution >= 0.6 is 0 Å². The lowest BCUT2D eigenvalue weighted by atomic mass is 9.98. The third kappa shape index (κ3) is 3.48. The first-order valence-electron chi connectivity index (χ1n) is 8.45. The van der Waals surface area contributed by atoms with Crippen molar-refractivity contribution in [1.82, 2.24) is 0 Å². The van der Waals surface area contributed by atoms with Crippen LogP contribution in [0.25, 0.3) is 0 Å². The molecule has 2 unspecified atom stereocenters. The van der Waals surface area contributed by atoms with Gasteiger partial charge in [-0.2, -0.15) is 0 Å². The van der Waals surface area contributed by atoms with Gasteiger partial charge in [0, 0.05) is 17.6 Å². The summed E-state index contributed by atoms with van der Waals surface area (Å²) in [6.45, 7) is 3.68. The van der Waals surface area contributed by atoms with Crippen molar-refractivity contribution in [3.63, 3.8) is 0 Å². The van der Waals surface area contributed by atoms with Gasteiger partial charge in [-0.15, -0.1) is 0 Å².